The van der Waals surface area contributed by atoms with Crippen LogP contribution < -0.4 is 4.90 Å². The van der Waals surface area contributed by atoms with Crippen molar-refractivity contribution in [3.05, 3.63) is 66.2 Å². The van der Waals surface area contributed by atoms with Crippen molar-refractivity contribution in [2.45, 2.75) is 19.4 Å². The molecule has 4 nitrogen and oxygen atoms in total. The molecule has 0 spiro atoms. The van der Waals surface area contributed by atoms with Gasteiger partial charge in [0.15, 0.2) is 0 Å². The number of rotatable bonds is 5. The van der Waals surface area contributed by atoms with Gasteiger partial charge in [0.2, 0.25) is 5.91 Å². The first-order chi connectivity index (χ1) is 10.6. The first-order valence-corrected chi connectivity index (χ1v) is 7.10. The number of nitrogens with zero attached hydrogens (tertiary/aromatic N) is 1. The summed E-state index contributed by atoms with van der Waals surface area (Å²) in [5, 5.41) is 0. The molecule has 2 rings (SSSR count). The number of benzene rings is 2. The van der Waals surface area contributed by atoms with Crippen molar-refractivity contribution in [1.29, 1.82) is 0 Å². The molecule has 0 aromatic heterocycles. The Morgan fingerprint density at radius 3 is 2.05 bits per heavy atom. The molecule has 1 amide bonds. The molecule has 0 aliphatic carbocycles. The Bertz CT molecular complexity index is 625. The third-order valence-electron chi connectivity index (χ3n) is 3.43. The van der Waals surface area contributed by atoms with Crippen LogP contribution in [0.4, 0.5) is 5.69 Å². The predicted octanol–water partition coefficient (Wildman–Crippen LogP) is 2.82. The Balaban J connectivity index is 2.37. The molecule has 2 aromatic rings. The summed E-state index contributed by atoms with van der Waals surface area (Å²) in [5.41, 5.74) is 1.65. The monoisotopic (exact) mass is 297 g/mol. The number of amides is 1. The van der Waals surface area contributed by atoms with Gasteiger partial charge in [-0.05, 0) is 17.7 Å². The van der Waals surface area contributed by atoms with E-state index >= 15 is 0 Å². The van der Waals surface area contributed by atoms with E-state index in [-0.39, 0.29) is 5.91 Å². The standard InChI is InChI=1S/C18H19NO3/c1-14(20)19(16-11-7-4-8-12-16)17(18(21)22-2)13-15-9-5-3-6-10-15/h3-12,17H,13H2,1-2H3/t17-/m0/s1. The van der Waals surface area contributed by atoms with Gasteiger partial charge >= 0.3 is 5.97 Å². The van der Waals surface area contributed by atoms with Crippen molar-refractivity contribution < 1.29 is 14.3 Å². The Labute approximate surface area is 130 Å². The van der Waals surface area contributed by atoms with Gasteiger partial charge in [-0.25, -0.2) is 4.79 Å². The highest BCUT2D eigenvalue weighted by Crippen LogP contribution is 2.20. The van der Waals surface area contributed by atoms with Crippen LogP contribution in [0.5, 0.6) is 0 Å². The topological polar surface area (TPSA) is 46.6 Å². The maximum Gasteiger partial charge on any atom is 0.329 e. The van der Waals surface area contributed by atoms with E-state index in [0.717, 1.165) is 5.56 Å². The fourth-order valence-electron chi connectivity index (χ4n) is 2.42. The molecule has 0 saturated carbocycles. The molecule has 0 unspecified atom stereocenters. The first kappa shape index (κ1) is 15.8. The highest BCUT2D eigenvalue weighted by atomic mass is 16.5. The number of carbonyl (C=O) groups is 2. The van der Waals surface area contributed by atoms with Crippen molar-refractivity contribution >= 4 is 17.6 Å². The normalized spacial score (nSPS) is 11.5. The van der Waals surface area contributed by atoms with Gasteiger partial charge in [0.05, 0.1) is 7.11 Å². The lowest BCUT2D eigenvalue weighted by atomic mass is 10.0. The molecule has 4 heteroatoms. The molecule has 0 saturated heterocycles. The van der Waals surface area contributed by atoms with Gasteiger partial charge in [0.25, 0.3) is 0 Å². The minimum atomic E-state index is -0.688. The second-order valence-electron chi connectivity index (χ2n) is 4.95. The molecule has 0 N–H and O–H groups in total. The van der Waals surface area contributed by atoms with Crippen LogP contribution in [-0.4, -0.2) is 25.0 Å². The number of hydrogen-bond acceptors (Lipinski definition) is 3. The van der Waals surface area contributed by atoms with Gasteiger partial charge in [-0.1, -0.05) is 48.5 Å². The lowest BCUT2D eigenvalue weighted by Gasteiger charge is -2.29. The van der Waals surface area contributed by atoms with Crippen LogP contribution in [0.25, 0.3) is 0 Å². The average molecular weight is 297 g/mol. The van der Waals surface area contributed by atoms with Crippen molar-refractivity contribution in [3.8, 4) is 0 Å². The molecule has 1 atom stereocenters. The molecule has 0 aliphatic heterocycles. The number of esters is 1. The first-order valence-electron chi connectivity index (χ1n) is 7.10. The molecule has 22 heavy (non-hydrogen) atoms. The lowest BCUT2D eigenvalue weighted by Crippen LogP contribution is -2.46. The van der Waals surface area contributed by atoms with Gasteiger partial charge in [0.1, 0.15) is 6.04 Å². The van der Waals surface area contributed by atoms with Crippen molar-refractivity contribution in [2.24, 2.45) is 0 Å². The molecular formula is C18H19NO3. The Kier molecular flexibility index (Phi) is 5.31. The van der Waals surface area contributed by atoms with Crippen LogP contribution in [0.1, 0.15) is 12.5 Å². The minimum Gasteiger partial charge on any atom is -0.467 e. The second kappa shape index (κ2) is 7.41. The number of hydrogen-bond donors (Lipinski definition) is 0. The van der Waals surface area contributed by atoms with Crippen LogP contribution in [0.2, 0.25) is 0 Å². The van der Waals surface area contributed by atoms with Crippen molar-refractivity contribution in [2.75, 3.05) is 12.0 Å². The van der Waals surface area contributed by atoms with Gasteiger partial charge in [-0.3, -0.25) is 9.69 Å². The third-order valence-corrected chi connectivity index (χ3v) is 3.43. The van der Waals surface area contributed by atoms with E-state index in [0.29, 0.717) is 12.1 Å². The van der Waals surface area contributed by atoms with E-state index in [2.05, 4.69) is 0 Å². The maximum absolute atomic E-state index is 12.2. The summed E-state index contributed by atoms with van der Waals surface area (Å²) in [6, 6.07) is 18.1. The molecule has 0 radical (unpaired) electrons. The number of methoxy groups -OCH3 is 1. The summed E-state index contributed by atoms with van der Waals surface area (Å²) in [7, 11) is 1.34. The summed E-state index contributed by atoms with van der Waals surface area (Å²) in [5.74, 6) is -0.625. The van der Waals surface area contributed by atoms with Gasteiger partial charge < -0.3 is 4.74 Å². The molecule has 0 fully saturated rings. The average Bonchev–Trinajstić information content (AvgIpc) is 2.55. The molecule has 2 aromatic carbocycles. The Morgan fingerprint density at radius 2 is 1.55 bits per heavy atom. The van der Waals surface area contributed by atoms with E-state index in [1.807, 2.05) is 60.7 Å². The SMILES string of the molecule is COC(=O)[C@H](Cc1ccccc1)N(C(C)=O)c1ccccc1. The summed E-state index contributed by atoms with van der Waals surface area (Å²) in [6.45, 7) is 1.45. The fraction of sp³-hybridized carbons (Fsp3) is 0.222. The minimum absolute atomic E-state index is 0.197. The van der Waals surface area contributed by atoms with Crippen molar-refractivity contribution in [1.82, 2.24) is 0 Å². The number of anilines is 1. The highest BCUT2D eigenvalue weighted by Gasteiger charge is 2.30. The number of carbonyl (C=O) groups excluding carboxylic acids is 2. The van der Waals surface area contributed by atoms with Crippen LogP contribution in [-0.2, 0) is 20.7 Å². The number of ether oxygens (including phenoxy) is 1. The van der Waals surface area contributed by atoms with E-state index in [1.54, 1.807) is 0 Å². The van der Waals surface area contributed by atoms with E-state index in [4.69, 9.17) is 4.74 Å². The summed E-state index contributed by atoms with van der Waals surface area (Å²) in [4.78, 5) is 25.8. The summed E-state index contributed by atoms with van der Waals surface area (Å²) >= 11 is 0. The van der Waals surface area contributed by atoms with E-state index in [9.17, 15) is 9.59 Å². The lowest BCUT2D eigenvalue weighted by molar-refractivity contribution is -0.143. The quantitative estimate of drug-likeness (QED) is 0.797. The third kappa shape index (κ3) is 3.73. The second-order valence-corrected chi connectivity index (χ2v) is 4.95. The zero-order valence-electron chi connectivity index (χ0n) is 12.7. The fourth-order valence-corrected chi connectivity index (χ4v) is 2.42. The van der Waals surface area contributed by atoms with Crippen LogP contribution in [0.15, 0.2) is 60.7 Å². The van der Waals surface area contributed by atoms with Crippen molar-refractivity contribution in [3.63, 3.8) is 0 Å². The van der Waals surface area contributed by atoms with Crippen LogP contribution in [0, 0.1) is 0 Å². The summed E-state index contributed by atoms with van der Waals surface area (Å²) in [6.07, 6.45) is 0.405. The number of para-hydroxylation sites is 1. The molecule has 114 valence electrons. The smallest absolute Gasteiger partial charge is 0.329 e. The Morgan fingerprint density at radius 1 is 1.00 bits per heavy atom. The molecular weight excluding hydrogens is 278 g/mol. The van der Waals surface area contributed by atoms with Crippen LogP contribution in [0.3, 0.4) is 0 Å². The maximum atomic E-state index is 12.2. The van der Waals surface area contributed by atoms with Crippen LogP contribution >= 0.6 is 0 Å². The van der Waals surface area contributed by atoms with E-state index in [1.165, 1.54) is 18.9 Å². The molecule has 0 aliphatic rings. The summed E-state index contributed by atoms with van der Waals surface area (Å²) < 4.78 is 4.90. The van der Waals surface area contributed by atoms with Gasteiger partial charge in [-0.15, -0.1) is 0 Å². The highest BCUT2D eigenvalue weighted by molar-refractivity contribution is 5.98. The molecule has 0 heterocycles. The zero-order chi connectivity index (χ0) is 15.9. The van der Waals surface area contributed by atoms with Gasteiger partial charge in [-0.2, -0.15) is 0 Å². The van der Waals surface area contributed by atoms with Gasteiger partial charge in [0, 0.05) is 19.0 Å². The zero-order valence-corrected chi connectivity index (χ0v) is 12.7. The molecule has 0 bridgehead atoms. The van der Waals surface area contributed by atoms with E-state index < -0.39 is 12.0 Å². The Hall–Kier alpha value is -2.62. The largest absolute Gasteiger partial charge is 0.467 e. The predicted molar refractivity (Wildman–Crippen MR) is 85.6 cm³/mol.